The highest BCUT2D eigenvalue weighted by molar-refractivity contribution is 7.17. The van der Waals surface area contributed by atoms with E-state index in [0.717, 1.165) is 70.9 Å². The number of piperidine rings is 1. The fourth-order valence-electron chi connectivity index (χ4n) is 4.56. The predicted octanol–water partition coefficient (Wildman–Crippen LogP) is 5.41. The van der Waals surface area contributed by atoms with E-state index in [4.69, 9.17) is 11.6 Å². The van der Waals surface area contributed by atoms with Crippen molar-refractivity contribution in [1.29, 1.82) is 0 Å². The number of nitrogens with zero attached hydrogens (tertiary/aromatic N) is 4. The number of aromatic nitrogens is 3. The number of benzene rings is 1. The van der Waals surface area contributed by atoms with E-state index in [1.807, 2.05) is 41.3 Å². The van der Waals surface area contributed by atoms with Crippen molar-refractivity contribution >= 4 is 28.8 Å². The van der Waals surface area contributed by atoms with Crippen LogP contribution in [0.15, 0.2) is 36.4 Å². The molecule has 2 aromatic heterocycles. The number of hydrogen-bond acceptors (Lipinski definition) is 4. The molecule has 1 saturated heterocycles. The Labute approximate surface area is 185 Å². The maximum atomic E-state index is 13.2. The Balaban J connectivity index is 1.32. The molecule has 0 N–H and O–H groups in total. The first kappa shape index (κ1) is 19.8. The highest BCUT2D eigenvalue weighted by Gasteiger charge is 2.30. The molecule has 0 aliphatic carbocycles. The molecule has 2 aliphatic heterocycles. The number of hydrogen-bond donors (Lipinski definition) is 0. The third-order valence-corrected chi connectivity index (χ3v) is 7.53. The molecule has 3 aromatic rings. The molecule has 4 heterocycles. The predicted molar refractivity (Wildman–Crippen MR) is 120 cm³/mol. The van der Waals surface area contributed by atoms with Crippen molar-refractivity contribution in [2.45, 2.75) is 51.0 Å². The van der Waals surface area contributed by atoms with Gasteiger partial charge in [0.05, 0.1) is 4.88 Å². The SMILES string of the molecule is O=C(c1ccc(-c2ccc(Cl)cc2)s1)N1CCCC(c2nnc3n2CCCCC3)C1. The highest BCUT2D eigenvalue weighted by Crippen LogP contribution is 2.32. The van der Waals surface area contributed by atoms with E-state index in [-0.39, 0.29) is 11.8 Å². The summed E-state index contributed by atoms with van der Waals surface area (Å²) in [5, 5.41) is 9.73. The van der Waals surface area contributed by atoms with E-state index < -0.39 is 0 Å². The van der Waals surface area contributed by atoms with Gasteiger partial charge in [0.15, 0.2) is 0 Å². The molecule has 1 amide bonds. The Kier molecular flexibility index (Phi) is 5.61. The van der Waals surface area contributed by atoms with Crippen molar-refractivity contribution in [2.24, 2.45) is 0 Å². The van der Waals surface area contributed by atoms with E-state index in [0.29, 0.717) is 0 Å². The second-order valence-electron chi connectivity index (χ2n) is 8.20. The fourth-order valence-corrected chi connectivity index (χ4v) is 5.67. The lowest BCUT2D eigenvalue weighted by atomic mass is 9.97. The highest BCUT2D eigenvalue weighted by atomic mass is 35.5. The molecule has 1 unspecified atom stereocenters. The summed E-state index contributed by atoms with van der Waals surface area (Å²) in [6, 6.07) is 11.7. The third-order valence-electron chi connectivity index (χ3n) is 6.16. The van der Waals surface area contributed by atoms with Gasteiger partial charge < -0.3 is 9.47 Å². The quantitative estimate of drug-likeness (QED) is 0.547. The Morgan fingerprint density at radius 1 is 1.00 bits per heavy atom. The maximum Gasteiger partial charge on any atom is 0.263 e. The molecule has 1 fully saturated rings. The fraction of sp³-hybridized carbons (Fsp3) is 0.435. The van der Waals surface area contributed by atoms with Crippen LogP contribution in [0.4, 0.5) is 0 Å². The van der Waals surface area contributed by atoms with Crippen molar-refractivity contribution in [3.63, 3.8) is 0 Å². The minimum Gasteiger partial charge on any atom is -0.337 e. The van der Waals surface area contributed by atoms with E-state index in [9.17, 15) is 4.79 Å². The van der Waals surface area contributed by atoms with Crippen molar-refractivity contribution in [1.82, 2.24) is 19.7 Å². The lowest BCUT2D eigenvalue weighted by molar-refractivity contribution is 0.0708. The average Bonchev–Trinajstić information content (AvgIpc) is 3.36. The molecule has 0 bridgehead atoms. The summed E-state index contributed by atoms with van der Waals surface area (Å²) in [4.78, 5) is 17.1. The lowest BCUT2D eigenvalue weighted by Gasteiger charge is -2.32. The molecule has 30 heavy (non-hydrogen) atoms. The number of carbonyl (C=O) groups excluding carboxylic acids is 1. The number of carbonyl (C=O) groups is 1. The summed E-state index contributed by atoms with van der Waals surface area (Å²) in [5.74, 6) is 2.60. The molecule has 5 nitrogen and oxygen atoms in total. The molecular formula is C23H25ClN4OS. The lowest BCUT2D eigenvalue weighted by Crippen LogP contribution is -2.39. The number of aryl methyl sites for hydroxylation is 1. The van der Waals surface area contributed by atoms with E-state index in [1.54, 1.807) is 11.3 Å². The Hall–Kier alpha value is -2.18. The van der Waals surface area contributed by atoms with Crippen molar-refractivity contribution in [2.75, 3.05) is 13.1 Å². The number of likely N-dealkylation sites (tertiary alicyclic amines) is 1. The van der Waals surface area contributed by atoms with Gasteiger partial charge in [0.25, 0.3) is 5.91 Å². The first-order valence-electron chi connectivity index (χ1n) is 10.8. The summed E-state index contributed by atoms with van der Waals surface area (Å²) in [6.07, 6.45) is 6.74. The summed E-state index contributed by atoms with van der Waals surface area (Å²) in [5.41, 5.74) is 1.09. The van der Waals surface area contributed by atoms with Crippen molar-refractivity contribution < 1.29 is 4.79 Å². The number of fused-ring (bicyclic) bond motifs is 1. The minimum absolute atomic E-state index is 0.125. The van der Waals surface area contributed by atoms with Crippen molar-refractivity contribution in [3.8, 4) is 10.4 Å². The zero-order valence-electron chi connectivity index (χ0n) is 16.9. The molecule has 0 radical (unpaired) electrons. The average molecular weight is 441 g/mol. The van der Waals surface area contributed by atoms with E-state index >= 15 is 0 Å². The zero-order valence-corrected chi connectivity index (χ0v) is 18.5. The smallest absolute Gasteiger partial charge is 0.263 e. The minimum atomic E-state index is 0.125. The molecule has 1 atom stereocenters. The summed E-state index contributed by atoms with van der Waals surface area (Å²) < 4.78 is 2.33. The number of halogens is 1. The first-order valence-corrected chi connectivity index (χ1v) is 12.0. The summed E-state index contributed by atoms with van der Waals surface area (Å²) >= 11 is 7.55. The second-order valence-corrected chi connectivity index (χ2v) is 9.72. The maximum absolute atomic E-state index is 13.2. The first-order chi connectivity index (χ1) is 14.7. The van der Waals surface area contributed by atoms with Gasteiger partial charge >= 0.3 is 0 Å². The molecule has 156 valence electrons. The third kappa shape index (κ3) is 3.91. The molecular weight excluding hydrogens is 416 g/mol. The van der Waals surface area contributed by atoms with Gasteiger partial charge in [-0.3, -0.25) is 4.79 Å². The Bertz CT molecular complexity index is 1040. The van der Waals surface area contributed by atoms with Gasteiger partial charge in [-0.25, -0.2) is 0 Å². The van der Waals surface area contributed by atoms with Gasteiger partial charge in [-0.1, -0.05) is 30.2 Å². The van der Waals surface area contributed by atoms with Crippen LogP contribution in [0.3, 0.4) is 0 Å². The van der Waals surface area contributed by atoms with Gasteiger partial charge in [0, 0.05) is 41.9 Å². The van der Waals surface area contributed by atoms with Crippen LogP contribution < -0.4 is 0 Å². The van der Waals surface area contributed by atoms with Crippen molar-refractivity contribution in [3.05, 3.63) is 57.9 Å². The molecule has 5 rings (SSSR count). The number of rotatable bonds is 3. The monoisotopic (exact) mass is 440 g/mol. The van der Waals surface area contributed by atoms with Gasteiger partial charge in [0.1, 0.15) is 11.6 Å². The van der Waals surface area contributed by atoms with Crippen LogP contribution in [0.25, 0.3) is 10.4 Å². The molecule has 2 aliphatic rings. The Morgan fingerprint density at radius 2 is 1.87 bits per heavy atom. The topological polar surface area (TPSA) is 51.0 Å². The molecule has 0 spiro atoms. The van der Waals surface area contributed by atoms with Gasteiger partial charge in [-0.2, -0.15) is 0 Å². The zero-order chi connectivity index (χ0) is 20.5. The largest absolute Gasteiger partial charge is 0.337 e. The molecule has 1 aromatic carbocycles. The van der Waals surface area contributed by atoms with Gasteiger partial charge in [-0.05, 0) is 55.5 Å². The van der Waals surface area contributed by atoms with Crippen LogP contribution in [0, 0.1) is 0 Å². The Morgan fingerprint density at radius 3 is 2.73 bits per heavy atom. The normalized spacial score (nSPS) is 19.4. The van der Waals surface area contributed by atoms with Crippen LogP contribution in [0.2, 0.25) is 5.02 Å². The molecule has 7 heteroatoms. The van der Waals surface area contributed by atoms with Crippen LogP contribution >= 0.6 is 22.9 Å². The summed E-state index contributed by atoms with van der Waals surface area (Å²) in [7, 11) is 0. The number of thiophene rings is 1. The molecule has 0 saturated carbocycles. The van der Waals surface area contributed by atoms with Gasteiger partial charge in [-0.15, -0.1) is 21.5 Å². The van der Waals surface area contributed by atoms with Crippen LogP contribution in [-0.4, -0.2) is 38.7 Å². The van der Waals surface area contributed by atoms with Gasteiger partial charge in [0.2, 0.25) is 0 Å². The van der Waals surface area contributed by atoms with Crippen LogP contribution in [-0.2, 0) is 13.0 Å². The number of amides is 1. The van der Waals surface area contributed by atoms with Crippen LogP contribution in [0.5, 0.6) is 0 Å². The second kappa shape index (κ2) is 8.52. The standard InChI is InChI=1S/C23H25ClN4OS/c24-18-9-7-16(8-10-18)19-11-12-20(30-19)23(29)27-13-4-5-17(15-27)22-26-25-21-6-2-1-3-14-28(21)22/h7-12,17H,1-6,13-15H2. The van der Waals surface area contributed by atoms with E-state index in [1.165, 1.54) is 19.3 Å². The van der Waals surface area contributed by atoms with E-state index in [2.05, 4.69) is 14.8 Å². The summed E-state index contributed by atoms with van der Waals surface area (Å²) in [6.45, 7) is 2.55. The van der Waals surface area contributed by atoms with Crippen LogP contribution in [0.1, 0.15) is 59.3 Å².